The maximum absolute atomic E-state index is 14.0. The van der Waals surface area contributed by atoms with Gasteiger partial charge in [-0.2, -0.15) is 0 Å². The van der Waals surface area contributed by atoms with Crippen LogP contribution in [0.5, 0.6) is 0 Å². The van der Waals surface area contributed by atoms with Gasteiger partial charge in [-0.1, -0.05) is 0 Å². The van der Waals surface area contributed by atoms with Crippen LogP contribution < -0.4 is 5.73 Å². The van der Waals surface area contributed by atoms with Crippen LogP contribution in [0.2, 0.25) is 0 Å². The zero-order chi connectivity index (χ0) is 13.8. The molecule has 0 aromatic heterocycles. The summed E-state index contributed by atoms with van der Waals surface area (Å²) < 4.78 is 27.9. The van der Waals surface area contributed by atoms with E-state index in [1.54, 1.807) is 0 Å². The average molecular weight is 267 g/mol. The zero-order valence-electron chi connectivity index (χ0n) is 9.81. The van der Waals surface area contributed by atoms with Crippen molar-refractivity contribution in [2.75, 3.05) is 6.54 Å². The number of carbonyl (C=O) groups is 1. The molecule has 0 amide bonds. The van der Waals surface area contributed by atoms with E-state index in [-0.39, 0.29) is 30.1 Å². The number of hydrogen-bond acceptors (Lipinski definition) is 4. The van der Waals surface area contributed by atoms with E-state index in [1.807, 2.05) is 0 Å². The molecule has 1 aromatic rings. The maximum atomic E-state index is 14.0. The minimum atomic E-state index is -2.94. The van der Waals surface area contributed by atoms with Crippen molar-refractivity contribution in [2.24, 2.45) is 10.7 Å². The number of rotatable bonds is 1. The Balaban J connectivity index is 2.19. The first kappa shape index (κ1) is 11.9. The predicted molar refractivity (Wildman–Crippen MR) is 63.7 cm³/mol. The van der Waals surface area contributed by atoms with Crippen molar-refractivity contribution < 1.29 is 18.7 Å². The molecule has 3 N–H and O–H groups in total. The van der Waals surface area contributed by atoms with Crippen LogP contribution in [0.4, 0.5) is 14.5 Å². The number of benzene rings is 1. The summed E-state index contributed by atoms with van der Waals surface area (Å²) in [5.41, 5.74) is 6.18. The van der Waals surface area contributed by atoms with Gasteiger partial charge in [-0.05, 0) is 18.2 Å². The Labute approximate surface area is 107 Å². The lowest BCUT2D eigenvalue weighted by molar-refractivity contribution is -0.0249. The third kappa shape index (κ3) is 1.65. The van der Waals surface area contributed by atoms with Gasteiger partial charge in [0.1, 0.15) is 6.04 Å². The van der Waals surface area contributed by atoms with Gasteiger partial charge < -0.3 is 15.7 Å². The quantitative estimate of drug-likeness (QED) is 0.812. The summed E-state index contributed by atoms with van der Waals surface area (Å²) in [6.45, 7) is 0.115. The number of guanidine groups is 1. The van der Waals surface area contributed by atoms with Crippen LogP contribution in [0, 0.1) is 0 Å². The molecule has 3 rings (SSSR count). The molecular formula is C12H11F2N3O2. The Kier molecular flexibility index (Phi) is 2.29. The highest BCUT2D eigenvalue weighted by Crippen LogP contribution is 2.49. The maximum Gasteiger partial charge on any atom is 0.335 e. The van der Waals surface area contributed by atoms with E-state index in [2.05, 4.69) is 4.99 Å². The van der Waals surface area contributed by atoms with Crippen LogP contribution in [0.3, 0.4) is 0 Å². The predicted octanol–water partition coefficient (Wildman–Crippen LogP) is 1.73. The minimum Gasteiger partial charge on any atom is -0.478 e. The van der Waals surface area contributed by atoms with Crippen molar-refractivity contribution in [3.63, 3.8) is 0 Å². The van der Waals surface area contributed by atoms with Crippen molar-refractivity contribution in [3.05, 3.63) is 29.3 Å². The summed E-state index contributed by atoms with van der Waals surface area (Å²) in [6, 6.07) is 2.78. The smallest absolute Gasteiger partial charge is 0.335 e. The average Bonchev–Trinajstić information content (AvgIpc) is 2.66. The molecule has 0 aliphatic carbocycles. The Morgan fingerprint density at radius 1 is 1.53 bits per heavy atom. The number of hydrogen-bond donors (Lipinski definition) is 2. The standard InChI is InChI=1S/C12H11F2N3O2/c13-12(14)3-4-17-9(12)7-5-6(10(18)19)1-2-8(7)16-11(17)15/h1-2,5,9H,3-4H2,(H2,15,16)(H,18,19)/t9-/m0/s1. The van der Waals surface area contributed by atoms with Crippen molar-refractivity contribution >= 4 is 17.6 Å². The number of alkyl halides is 2. The highest BCUT2D eigenvalue weighted by molar-refractivity contribution is 5.90. The summed E-state index contributed by atoms with van der Waals surface area (Å²) in [7, 11) is 0. The van der Waals surface area contributed by atoms with Crippen LogP contribution in [0.15, 0.2) is 23.2 Å². The number of carboxylic acids is 1. The van der Waals surface area contributed by atoms with E-state index in [4.69, 9.17) is 10.8 Å². The Bertz CT molecular complexity index is 601. The Hall–Kier alpha value is -2.18. The fourth-order valence-corrected chi connectivity index (χ4v) is 2.60. The molecule has 100 valence electrons. The van der Waals surface area contributed by atoms with E-state index in [1.165, 1.54) is 23.1 Å². The second kappa shape index (κ2) is 3.66. The van der Waals surface area contributed by atoms with Gasteiger partial charge >= 0.3 is 5.97 Å². The number of carboxylic acid groups (broad SMARTS) is 1. The van der Waals surface area contributed by atoms with E-state index in [0.29, 0.717) is 5.69 Å². The zero-order valence-corrected chi connectivity index (χ0v) is 9.81. The SMILES string of the molecule is NC1=Nc2ccc(C(=O)O)cc2[C@@H]2N1CCC2(F)F. The fraction of sp³-hybridized carbons (Fsp3) is 0.333. The molecule has 2 aliphatic rings. The largest absolute Gasteiger partial charge is 0.478 e. The molecule has 2 aliphatic heterocycles. The number of nitrogens with zero attached hydrogens (tertiary/aromatic N) is 2. The summed E-state index contributed by atoms with van der Waals surface area (Å²) in [5, 5.41) is 8.95. The van der Waals surface area contributed by atoms with Crippen LogP contribution in [-0.4, -0.2) is 34.4 Å². The van der Waals surface area contributed by atoms with Gasteiger partial charge in [-0.3, -0.25) is 0 Å². The first-order valence-electron chi connectivity index (χ1n) is 5.76. The Morgan fingerprint density at radius 2 is 2.26 bits per heavy atom. The van der Waals surface area contributed by atoms with E-state index in [0.717, 1.165) is 0 Å². The lowest BCUT2D eigenvalue weighted by Crippen LogP contribution is -2.42. The molecule has 0 bridgehead atoms. The monoisotopic (exact) mass is 267 g/mol. The molecule has 1 saturated heterocycles. The Morgan fingerprint density at radius 3 is 2.95 bits per heavy atom. The van der Waals surface area contributed by atoms with Crippen molar-refractivity contribution in [1.82, 2.24) is 4.90 Å². The lowest BCUT2D eigenvalue weighted by atomic mass is 9.96. The van der Waals surface area contributed by atoms with Gasteiger partial charge in [0, 0.05) is 18.5 Å². The van der Waals surface area contributed by atoms with Crippen molar-refractivity contribution in [2.45, 2.75) is 18.4 Å². The number of aromatic carboxylic acids is 1. The van der Waals surface area contributed by atoms with E-state index in [9.17, 15) is 13.6 Å². The molecule has 1 aromatic carbocycles. The summed E-state index contributed by atoms with van der Waals surface area (Å²) >= 11 is 0. The molecule has 5 nitrogen and oxygen atoms in total. The third-order valence-electron chi connectivity index (χ3n) is 3.50. The van der Waals surface area contributed by atoms with Gasteiger partial charge in [-0.25, -0.2) is 18.6 Å². The van der Waals surface area contributed by atoms with Gasteiger partial charge in [0.05, 0.1) is 11.3 Å². The third-order valence-corrected chi connectivity index (χ3v) is 3.50. The molecule has 0 spiro atoms. The molecule has 19 heavy (non-hydrogen) atoms. The molecular weight excluding hydrogens is 256 g/mol. The molecule has 0 radical (unpaired) electrons. The highest BCUT2D eigenvalue weighted by Gasteiger charge is 2.52. The van der Waals surface area contributed by atoms with Crippen LogP contribution >= 0.6 is 0 Å². The summed E-state index contributed by atoms with van der Waals surface area (Å²) in [5.74, 6) is -4.04. The first-order chi connectivity index (χ1) is 8.90. The van der Waals surface area contributed by atoms with Gasteiger partial charge in [0.2, 0.25) is 0 Å². The molecule has 1 fully saturated rings. The van der Waals surface area contributed by atoms with Gasteiger partial charge in [-0.15, -0.1) is 0 Å². The summed E-state index contributed by atoms with van der Waals surface area (Å²) in [4.78, 5) is 16.3. The van der Waals surface area contributed by atoms with E-state index < -0.39 is 17.9 Å². The topological polar surface area (TPSA) is 78.9 Å². The number of fused-ring (bicyclic) bond motifs is 3. The van der Waals surface area contributed by atoms with Gasteiger partial charge in [0.25, 0.3) is 5.92 Å². The normalized spacial score (nSPS) is 23.6. The van der Waals surface area contributed by atoms with Gasteiger partial charge in [0.15, 0.2) is 5.96 Å². The second-order valence-corrected chi connectivity index (χ2v) is 4.66. The van der Waals surface area contributed by atoms with Crippen LogP contribution in [-0.2, 0) is 0 Å². The number of aliphatic imine (C=N–C) groups is 1. The van der Waals surface area contributed by atoms with Crippen molar-refractivity contribution in [1.29, 1.82) is 0 Å². The van der Waals surface area contributed by atoms with Crippen molar-refractivity contribution in [3.8, 4) is 0 Å². The molecule has 7 heteroatoms. The van der Waals surface area contributed by atoms with Crippen LogP contribution in [0.25, 0.3) is 0 Å². The highest BCUT2D eigenvalue weighted by atomic mass is 19.3. The molecule has 1 atom stereocenters. The number of nitrogens with two attached hydrogens (primary N) is 1. The number of halogens is 2. The van der Waals surface area contributed by atoms with Crippen LogP contribution in [0.1, 0.15) is 28.4 Å². The first-order valence-corrected chi connectivity index (χ1v) is 5.76. The fourth-order valence-electron chi connectivity index (χ4n) is 2.60. The van der Waals surface area contributed by atoms with E-state index >= 15 is 0 Å². The second-order valence-electron chi connectivity index (χ2n) is 4.66. The molecule has 0 saturated carbocycles. The minimum absolute atomic E-state index is 0.0305. The molecule has 0 unspecified atom stereocenters. The molecule has 2 heterocycles. The lowest BCUT2D eigenvalue weighted by Gasteiger charge is -2.33. The summed E-state index contributed by atoms with van der Waals surface area (Å²) in [6.07, 6.45) is -0.315.